The zero-order chi connectivity index (χ0) is 13.2. The predicted octanol–water partition coefficient (Wildman–Crippen LogP) is 1.59. The third-order valence-corrected chi connectivity index (χ3v) is 3.02. The Balaban J connectivity index is 2.00. The molecule has 2 heterocycles. The highest BCUT2D eigenvalue weighted by Crippen LogP contribution is 2.37. The molecule has 0 bridgehead atoms. The van der Waals surface area contributed by atoms with Crippen LogP contribution >= 0.6 is 0 Å². The summed E-state index contributed by atoms with van der Waals surface area (Å²) in [5.41, 5.74) is 8.09. The van der Waals surface area contributed by atoms with E-state index in [0.29, 0.717) is 23.7 Å². The summed E-state index contributed by atoms with van der Waals surface area (Å²) in [4.78, 5) is 17.7. The number of carbonyl (C=O) groups is 1. The second kappa shape index (κ2) is 4.61. The van der Waals surface area contributed by atoms with Gasteiger partial charge in [-0.15, -0.1) is 0 Å². The lowest BCUT2D eigenvalue weighted by Crippen LogP contribution is -2.38. The van der Waals surface area contributed by atoms with Crippen LogP contribution in [0, 0.1) is 0 Å². The second-order valence-corrected chi connectivity index (χ2v) is 4.32. The first-order chi connectivity index (χ1) is 9.25. The van der Waals surface area contributed by atoms with E-state index in [-0.39, 0.29) is 12.5 Å². The first-order valence-electron chi connectivity index (χ1n) is 5.96. The van der Waals surface area contributed by atoms with Crippen molar-refractivity contribution in [3.05, 3.63) is 48.3 Å². The topological polar surface area (TPSA) is 68.5 Å². The molecule has 3 rings (SSSR count). The number of nitrogens with zero attached hydrogens (tertiary/aromatic N) is 2. The maximum atomic E-state index is 12.0. The molecule has 5 nitrogen and oxygen atoms in total. The largest absolute Gasteiger partial charge is 0.481 e. The minimum absolute atomic E-state index is 0.0384. The lowest BCUT2D eigenvalue weighted by atomic mass is 10.1. The van der Waals surface area contributed by atoms with Crippen LogP contribution in [0.25, 0.3) is 0 Å². The Hall–Kier alpha value is -2.56. The Bertz CT molecular complexity index is 613. The van der Waals surface area contributed by atoms with E-state index in [0.717, 1.165) is 5.56 Å². The van der Waals surface area contributed by atoms with Crippen molar-refractivity contribution in [2.75, 3.05) is 17.2 Å². The minimum Gasteiger partial charge on any atom is -0.481 e. The van der Waals surface area contributed by atoms with Gasteiger partial charge >= 0.3 is 0 Å². The number of nitrogen functional groups attached to an aromatic ring is 1. The summed E-state index contributed by atoms with van der Waals surface area (Å²) in [7, 11) is 0. The third kappa shape index (κ3) is 2.10. The Morgan fingerprint density at radius 1 is 1.32 bits per heavy atom. The van der Waals surface area contributed by atoms with Gasteiger partial charge in [-0.25, -0.2) is 0 Å². The van der Waals surface area contributed by atoms with E-state index in [1.54, 1.807) is 23.4 Å². The van der Waals surface area contributed by atoms with Crippen molar-refractivity contribution >= 4 is 17.3 Å². The summed E-state index contributed by atoms with van der Waals surface area (Å²) in [6.07, 6.45) is 3.44. The fourth-order valence-electron chi connectivity index (χ4n) is 2.13. The summed E-state index contributed by atoms with van der Waals surface area (Å²) >= 11 is 0. The maximum Gasteiger partial charge on any atom is 0.265 e. The van der Waals surface area contributed by atoms with E-state index >= 15 is 0 Å². The minimum atomic E-state index is -0.103. The van der Waals surface area contributed by atoms with Gasteiger partial charge in [0.2, 0.25) is 0 Å². The van der Waals surface area contributed by atoms with Crippen molar-refractivity contribution in [2.45, 2.75) is 6.54 Å². The molecule has 1 aliphatic rings. The summed E-state index contributed by atoms with van der Waals surface area (Å²) in [6.45, 7) is 0.480. The highest BCUT2D eigenvalue weighted by molar-refractivity contribution is 6.01. The Kier molecular flexibility index (Phi) is 2.79. The number of anilines is 2. The van der Waals surface area contributed by atoms with Crippen molar-refractivity contribution in [3.8, 4) is 5.75 Å². The quantitative estimate of drug-likeness (QED) is 0.827. The molecule has 0 aliphatic carbocycles. The summed E-state index contributed by atoms with van der Waals surface area (Å²) < 4.78 is 5.40. The Morgan fingerprint density at radius 3 is 3.00 bits per heavy atom. The molecule has 1 amide bonds. The van der Waals surface area contributed by atoms with Crippen LogP contribution in [0.5, 0.6) is 5.75 Å². The molecule has 96 valence electrons. The molecular weight excluding hydrogens is 242 g/mol. The van der Waals surface area contributed by atoms with E-state index in [2.05, 4.69) is 4.98 Å². The van der Waals surface area contributed by atoms with Gasteiger partial charge in [0.25, 0.3) is 5.91 Å². The van der Waals surface area contributed by atoms with Crippen LogP contribution < -0.4 is 15.4 Å². The molecule has 0 fully saturated rings. The van der Waals surface area contributed by atoms with Crippen LogP contribution in [-0.2, 0) is 11.3 Å². The molecule has 2 N–H and O–H groups in total. The molecule has 0 atom stereocenters. The average Bonchev–Trinajstić information content (AvgIpc) is 2.43. The molecular formula is C14H13N3O2. The molecule has 1 aliphatic heterocycles. The highest BCUT2D eigenvalue weighted by Gasteiger charge is 2.27. The first kappa shape index (κ1) is 11.5. The van der Waals surface area contributed by atoms with E-state index in [1.807, 2.05) is 24.3 Å². The molecule has 0 saturated heterocycles. The number of pyridine rings is 1. The fraction of sp³-hybridized carbons (Fsp3) is 0.143. The van der Waals surface area contributed by atoms with Crippen LogP contribution in [0.2, 0.25) is 0 Å². The number of ether oxygens (including phenoxy) is 1. The smallest absolute Gasteiger partial charge is 0.265 e. The average molecular weight is 255 g/mol. The Morgan fingerprint density at radius 2 is 2.21 bits per heavy atom. The number of fused-ring (bicyclic) bond motifs is 1. The first-order valence-corrected chi connectivity index (χ1v) is 5.96. The van der Waals surface area contributed by atoms with Gasteiger partial charge in [0, 0.05) is 12.4 Å². The molecule has 0 radical (unpaired) electrons. The summed E-state index contributed by atoms with van der Waals surface area (Å²) in [5, 5.41) is 0. The van der Waals surface area contributed by atoms with E-state index in [4.69, 9.17) is 10.5 Å². The standard InChI is InChI=1S/C14H13N3O2/c15-11-4-1-5-12-14(11)17(13(18)9-19-12)8-10-3-2-6-16-7-10/h1-7H,8-9,15H2. The lowest BCUT2D eigenvalue weighted by Gasteiger charge is -2.30. The predicted molar refractivity (Wildman–Crippen MR) is 71.8 cm³/mol. The van der Waals surface area contributed by atoms with Crippen molar-refractivity contribution in [3.63, 3.8) is 0 Å². The lowest BCUT2D eigenvalue weighted by molar-refractivity contribution is -0.121. The van der Waals surface area contributed by atoms with Gasteiger partial charge in [0.15, 0.2) is 6.61 Å². The number of carbonyl (C=O) groups excluding carboxylic acids is 1. The van der Waals surface area contributed by atoms with Crippen LogP contribution in [0.4, 0.5) is 11.4 Å². The fourth-order valence-corrected chi connectivity index (χ4v) is 2.13. The van der Waals surface area contributed by atoms with Gasteiger partial charge in [0.1, 0.15) is 11.4 Å². The van der Waals surface area contributed by atoms with Crippen LogP contribution in [0.1, 0.15) is 5.56 Å². The molecule has 2 aromatic rings. The van der Waals surface area contributed by atoms with Gasteiger partial charge in [-0.1, -0.05) is 12.1 Å². The van der Waals surface area contributed by atoms with Crippen molar-refractivity contribution in [1.82, 2.24) is 4.98 Å². The second-order valence-electron chi connectivity index (χ2n) is 4.32. The number of aromatic nitrogens is 1. The van der Waals surface area contributed by atoms with Gasteiger partial charge in [-0.2, -0.15) is 0 Å². The van der Waals surface area contributed by atoms with Crippen molar-refractivity contribution in [1.29, 1.82) is 0 Å². The monoisotopic (exact) mass is 255 g/mol. The molecule has 0 spiro atoms. The van der Waals surface area contributed by atoms with Gasteiger partial charge in [0.05, 0.1) is 12.2 Å². The van der Waals surface area contributed by atoms with Crippen LogP contribution in [0.15, 0.2) is 42.7 Å². The normalized spacial score (nSPS) is 13.9. The molecule has 19 heavy (non-hydrogen) atoms. The van der Waals surface area contributed by atoms with Gasteiger partial charge in [-0.3, -0.25) is 14.7 Å². The van der Waals surface area contributed by atoms with Crippen LogP contribution in [-0.4, -0.2) is 17.5 Å². The van der Waals surface area contributed by atoms with E-state index < -0.39 is 0 Å². The molecule has 0 saturated carbocycles. The number of amides is 1. The molecule has 1 aromatic heterocycles. The number of rotatable bonds is 2. The third-order valence-electron chi connectivity index (χ3n) is 3.02. The molecule has 5 heteroatoms. The highest BCUT2D eigenvalue weighted by atomic mass is 16.5. The number of hydrogen-bond acceptors (Lipinski definition) is 4. The van der Waals surface area contributed by atoms with Crippen LogP contribution in [0.3, 0.4) is 0 Å². The summed E-state index contributed by atoms with van der Waals surface area (Å²) in [6, 6.07) is 9.15. The zero-order valence-electron chi connectivity index (χ0n) is 10.2. The maximum absolute atomic E-state index is 12.0. The van der Waals surface area contributed by atoms with Crippen molar-refractivity contribution < 1.29 is 9.53 Å². The Labute approximate surface area is 110 Å². The summed E-state index contributed by atoms with van der Waals surface area (Å²) in [5.74, 6) is 0.540. The SMILES string of the molecule is Nc1cccc2c1N(Cc1cccnc1)C(=O)CO2. The number of para-hydroxylation sites is 1. The zero-order valence-corrected chi connectivity index (χ0v) is 10.2. The number of hydrogen-bond donors (Lipinski definition) is 1. The number of benzene rings is 1. The van der Waals surface area contributed by atoms with E-state index in [9.17, 15) is 4.79 Å². The molecule has 1 aromatic carbocycles. The number of nitrogens with two attached hydrogens (primary N) is 1. The van der Waals surface area contributed by atoms with Crippen molar-refractivity contribution in [2.24, 2.45) is 0 Å². The van der Waals surface area contributed by atoms with Gasteiger partial charge in [-0.05, 0) is 23.8 Å². The van der Waals surface area contributed by atoms with Gasteiger partial charge < -0.3 is 10.5 Å². The van der Waals surface area contributed by atoms with E-state index in [1.165, 1.54) is 0 Å². The molecule has 0 unspecified atom stereocenters.